The Morgan fingerprint density at radius 1 is 0.611 bits per heavy atom. The molecule has 8 atom stereocenters. The lowest BCUT2D eigenvalue weighted by Crippen LogP contribution is -2.51. The Hall–Kier alpha value is -6.46. The van der Waals surface area contributed by atoms with Crippen molar-refractivity contribution in [3.8, 4) is 0 Å². The molecule has 4 N–H and O–H groups in total. The first-order valence-corrected chi connectivity index (χ1v) is 26.0. The molecule has 4 saturated heterocycles. The van der Waals surface area contributed by atoms with Crippen LogP contribution in [0.5, 0.6) is 0 Å². The van der Waals surface area contributed by atoms with E-state index in [0.717, 1.165) is 71.7 Å². The minimum Gasteiger partial charge on any atom is -0.453 e. The molecule has 0 bridgehead atoms. The molecule has 10 rings (SSSR count). The summed E-state index contributed by atoms with van der Waals surface area (Å²) in [6.45, 7) is 9.93. The zero-order chi connectivity index (χ0) is 50.5. The first-order valence-electron chi connectivity index (χ1n) is 26.0. The molecular weight excluding hydrogens is 923 g/mol. The molecule has 72 heavy (non-hydrogen) atoms. The number of nitrogens with one attached hydrogen (secondary N) is 4. The maximum atomic E-state index is 16.8. The van der Waals surface area contributed by atoms with E-state index < -0.39 is 35.9 Å². The summed E-state index contributed by atoms with van der Waals surface area (Å²) in [5.41, 5.74) is 5.45. The second-order valence-electron chi connectivity index (χ2n) is 21.4. The molecule has 4 amide bonds. The van der Waals surface area contributed by atoms with Crippen LogP contribution in [0.15, 0.2) is 48.5 Å². The van der Waals surface area contributed by atoms with Gasteiger partial charge in [0, 0.05) is 31.9 Å². The van der Waals surface area contributed by atoms with Gasteiger partial charge in [0.2, 0.25) is 11.8 Å². The second-order valence-corrected chi connectivity index (χ2v) is 21.4. The summed E-state index contributed by atoms with van der Waals surface area (Å²) in [6, 6.07) is 12.5. The number of carbonyl (C=O) groups is 4. The number of amides is 4. The summed E-state index contributed by atoms with van der Waals surface area (Å²) in [7, 11) is 2.56. The largest absolute Gasteiger partial charge is 0.453 e. The van der Waals surface area contributed by atoms with Crippen molar-refractivity contribution in [2.24, 2.45) is 23.7 Å². The number of benzene rings is 3. The molecule has 5 aromatic rings. The van der Waals surface area contributed by atoms with Crippen LogP contribution in [0.3, 0.4) is 0 Å². The fourth-order valence-electron chi connectivity index (χ4n) is 12.6. The molecule has 384 valence electrons. The van der Waals surface area contributed by atoms with Crippen LogP contribution in [0.4, 0.5) is 29.7 Å². The smallest absolute Gasteiger partial charge is 0.407 e. The zero-order valence-corrected chi connectivity index (χ0v) is 42.2. The number of hydrogen-bond donors (Lipinski definition) is 4. The van der Waals surface area contributed by atoms with E-state index in [1.165, 1.54) is 26.4 Å². The molecule has 4 aliphatic heterocycles. The lowest BCUT2D eigenvalue weighted by Gasteiger charge is -2.34. The number of carbonyl (C=O) groups excluding carboxylic acids is 4. The van der Waals surface area contributed by atoms with E-state index in [4.69, 9.17) is 19.4 Å². The quantitative estimate of drug-likeness (QED) is 0.0940. The summed E-state index contributed by atoms with van der Waals surface area (Å²) >= 11 is 0. The third-order valence-electron chi connectivity index (χ3n) is 16.3. The normalized spacial score (nSPS) is 24.1. The number of aromatic amines is 2. The third kappa shape index (κ3) is 9.29. The van der Waals surface area contributed by atoms with Gasteiger partial charge in [-0.3, -0.25) is 9.59 Å². The van der Waals surface area contributed by atoms with Crippen molar-refractivity contribution < 1.29 is 37.4 Å². The van der Waals surface area contributed by atoms with Crippen molar-refractivity contribution in [2.75, 3.05) is 50.2 Å². The standard InChI is InChI=1S/C54H68F2N10O6/c1-29(2)46(61-53(69)71-5)51(67)64-21-9-13-44(64)49-57-38-17-15-31(23-40(38)59-49)42-19-20-43(66(42)35-25-36(55)48(37(56)26-35)63-27-33-11-7-8-12-34(33)28-63)32-16-18-39-41(24-32)60-50(58-39)45-14-10-22-65(45)52(68)47(30(3)4)62-54(70)72-6/h15-18,23-26,29-30,33-34,42-47H,7-14,19-22,27-28H2,1-6H3,(H,57,59)(H,58,60)(H,61,69)(H,62,70)/t33-,34+,42-,43-,44+,45+,46?,47?/m1/s1. The third-order valence-corrected chi connectivity index (χ3v) is 16.3. The van der Waals surface area contributed by atoms with Crippen molar-refractivity contribution in [3.63, 3.8) is 0 Å². The zero-order valence-electron chi connectivity index (χ0n) is 42.2. The van der Waals surface area contributed by atoms with Crippen molar-refractivity contribution in [1.29, 1.82) is 0 Å². The van der Waals surface area contributed by atoms with Gasteiger partial charge in [-0.2, -0.15) is 0 Å². The number of hydrogen-bond acceptors (Lipinski definition) is 10. The fourth-order valence-corrected chi connectivity index (χ4v) is 12.6. The van der Waals surface area contributed by atoms with E-state index in [9.17, 15) is 19.2 Å². The Labute approximate surface area is 418 Å². The van der Waals surface area contributed by atoms with E-state index in [1.54, 1.807) is 9.80 Å². The summed E-state index contributed by atoms with van der Waals surface area (Å²) in [5, 5.41) is 5.44. The molecule has 1 saturated carbocycles. The fraction of sp³-hybridized carbons (Fsp3) is 0.556. The molecule has 2 aromatic heterocycles. The Kier molecular flexibility index (Phi) is 13.8. The SMILES string of the molecule is COC(=O)NC(C(=O)N1CCC[C@H]1c1nc2ccc([C@H]3CC[C@H](c4ccc5nc([C@@H]6CCCN6C(=O)C(NC(=O)OC)C(C)C)[nH]c5c4)N3c3cc(F)c(N4C[C@H]5CCCC[C@H]5C4)c(F)c3)cc2[nH]1)C(C)C. The molecule has 6 heterocycles. The number of aromatic nitrogens is 4. The average Bonchev–Trinajstić information content (AvgIpc) is 4.23. The minimum atomic E-state index is -0.760. The van der Waals surface area contributed by atoms with Gasteiger partial charge in [-0.15, -0.1) is 0 Å². The van der Waals surface area contributed by atoms with Gasteiger partial charge in [0.25, 0.3) is 0 Å². The van der Waals surface area contributed by atoms with Gasteiger partial charge in [0.15, 0.2) is 11.6 Å². The minimum absolute atomic E-state index is 0.0544. The summed E-state index contributed by atoms with van der Waals surface area (Å²) in [5.74, 6) is 0.379. The summed E-state index contributed by atoms with van der Waals surface area (Å²) in [6.07, 6.45) is 7.55. The number of likely N-dealkylation sites (tertiary alicyclic amines) is 2. The van der Waals surface area contributed by atoms with Crippen molar-refractivity contribution in [3.05, 3.63) is 82.9 Å². The van der Waals surface area contributed by atoms with E-state index in [2.05, 4.69) is 37.6 Å². The number of nitrogens with zero attached hydrogens (tertiary/aromatic N) is 6. The van der Waals surface area contributed by atoms with E-state index >= 15 is 8.78 Å². The van der Waals surface area contributed by atoms with Crippen LogP contribution in [-0.4, -0.2) is 106 Å². The number of fused-ring (bicyclic) bond motifs is 3. The maximum Gasteiger partial charge on any atom is 0.407 e. The van der Waals surface area contributed by atoms with Gasteiger partial charge in [-0.05, 0) is 123 Å². The highest BCUT2D eigenvalue weighted by Crippen LogP contribution is 2.50. The van der Waals surface area contributed by atoms with Crippen LogP contribution in [0.25, 0.3) is 22.1 Å². The average molecular weight is 991 g/mol. The van der Waals surface area contributed by atoms with Gasteiger partial charge in [0.1, 0.15) is 29.4 Å². The highest BCUT2D eigenvalue weighted by atomic mass is 19.1. The molecule has 0 radical (unpaired) electrons. The van der Waals surface area contributed by atoms with Crippen LogP contribution in [-0.2, 0) is 19.1 Å². The predicted octanol–water partition coefficient (Wildman–Crippen LogP) is 9.51. The Bertz CT molecular complexity index is 2670. The lowest BCUT2D eigenvalue weighted by atomic mass is 9.82. The monoisotopic (exact) mass is 991 g/mol. The van der Waals surface area contributed by atoms with Gasteiger partial charge in [-0.25, -0.2) is 28.3 Å². The number of halogens is 2. The van der Waals surface area contributed by atoms with Gasteiger partial charge < -0.3 is 49.7 Å². The first kappa shape index (κ1) is 49.1. The van der Waals surface area contributed by atoms with Crippen LogP contribution in [0, 0.1) is 35.3 Å². The number of H-pyrrole nitrogens is 2. The molecule has 5 aliphatic rings. The van der Waals surface area contributed by atoms with Crippen LogP contribution < -0.4 is 20.4 Å². The first-order chi connectivity index (χ1) is 34.7. The van der Waals surface area contributed by atoms with Crippen LogP contribution >= 0.6 is 0 Å². The number of ether oxygens (including phenoxy) is 2. The molecule has 3 aromatic carbocycles. The van der Waals surface area contributed by atoms with Crippen molar-refractivity contribution >= 4 is 57.4 Å². The maximum absolute atomic E-state index is 16.8. The van der Waals surface area contributed by atoms with Crippen molar-refractivity contribution in [1.82, 2.24) is 40.4 Å². The molecule has 5 fully saturated rings. The Balaban J connectivity index is 0.971. The Morgan fingerprint density at radius 2 is 1.06 bits per heavy atom. The second kappa shape index (κ2) is 20.2. The van der Waals surface area contributed by atoms with E-state index in [0.29, 0.717) is 81.0 Å². The summed E-state index contributed by atoms with van der Waals surface area (Å²) < 4.78 is 43.2. The number of methoxy groups -OCH3 is 2. The predicted molar refractivity (Wildman–Crippen MR) is 269 cm³/mol. The molecule has 1 aliphatic carbocycles. The highest BCUT2D eigenvalue weighted by molar-refractivity contribution is 5.88. The summed E-state index contributed by atoms with van der Waals surface area (Å²) in [4.78, 5) is 77.1. The topological polar surface area (TPSA) is 181 Å². The molecule has 2 unspecified atom stereocenters. The van der Waals surface area contributed by atoms with Gasteiger partial charge in [0.05, 0.1) is 60.5 Å². The van der Waals surface area contributed by atoms with Gasteiger partial charge in [-0.1, -0.05) is 52.7 Å². The number of rotatable bonds is 12. The van der Waals surface area contributed by atoms with Crippen LogP contribution in [0.2, 0.25) is 0 Å². The highest BCUT2D eigenvalue weighted by Gasteiger charge is 2.42. The number of alkyl carbamates (subject to hydrolysis) is 2. The molecule has 16 nitrogen and oxygen atoms in total. The molecular formula is C54H68F2N10O6. The van der Waals surface area contributed by atoms with E-state index in [1.807, 2.05) is 56.9 Å². The lowest BCUT2D eigenvalue weighted by molar-refractivity contribution is -0.136. The van der Waals surface area contributed by atoms with E-state index in [-0.39, 0.29) is 53.5 Å². The van der Waals surface area contributed by atoms with Crippen molar-refractivity contribution in [2.45, 2.75) is 128 Å². The van der Waals surface area contributed by atoms with Gasteiger partial charge >= 0.3 is 12.2 Å². The molecule has 18 heteroatoms. The Morgan fingerprint density at radius 3 is 1.47 bits per heavy atom. The van der Waals surface area contributed by atoms with Crippen LogP contribution in [0.1, 0.15) is 139 Å². The number of anilines is 2. The molecule has 0 spiro atoms. The number of imidazole rings is 2.